The van der Waals surface area contributed by atoms with Crippen LogP contribution < -0.4 is 4.31 Å². The number of anilines is 1. The second kappa shape index (κ2) is 7.53. The highest BCUT2D eigenvalue weighted by molar-refractivity contribution is 7.92. The van der Waals surface area contributed by atoms with Crippen molar-refractivity contribution >= 4 is 33.2 Å². The molecule has 1 aliphatic rings. The van der Waals surface area contributed by atoms with Crippen LogP contribution in [0.4, 0.5) is 5.69 Å². The molecule has 0 N–H and O–H groups in total. The van der Waals surface area contributed by atoms with Gasteiger partial charge in [-0.15, -0.1) is 0 Å². The molecule has 0 radical (unpaired) electrons. The van der Waals surface area contributed by atoms with E-state index in [-0.39, 0.29) is 11.7 Å². The van der Waals surface area contributed by atoms with Gasteiger partial charge in [0.05, 0.1) is 22.0 Å². The van der Waals surface area contributed by atoms with Gasteiger partial charge in [0.2, 0.25) is 10.0 Å². The average Bonchev–Trinajstić information content (AvgIpc) is 2.52. The molecule has 0 saturated carbocycles. The number of halogens is 1. The van der Waals surface area contributed by atoms with Gasteiger partial charge in [-0.3, -0.25) is 9.10 Å². The predicted molar refractivity (Wildman–Crippen MR) is 93.7 cm³/mol. The summed E-state index contributed by atoms with van der Waals surface area (Å²) in [6.07, 6.45) is 3.41. The Bertz CT molecular complexity index is 676. The van der Waals surface area contributed by atoms with E-state index >= 15 is 0 Å². The van der Waals surface area contributed by atoms with E-state index in [1.165, 1.54) is 4.31 Å². The van der Waals surface area contributed by atoms with Crippen molar-refractivity contribution < 1.29 is 13.2 Å². The summed E-state index contributed by atoms with van der Waals surface area (Å²) in [4.78, 5) is 14.2. The third-order valence-electron chi connectivity index (χ3n) is 4.01. The Morgan fingerprint density at radius 3 is 2.74 bits per heavy atom. The minimum absolute atomic E-state index is 0.148. The maximum atomic E-state index is 12.5. The first-order chi connectivity index (χ1) is 10.9. The lowest BCUT2D eigenvalue weighted by molar-refractivity contribution is 0.0793. The van der Waals surface area contributed by atoms with Gasteiger partial charge in [0.15, 0.2) is 0 Å². The van der Waals surface area contributed by atoms with Crippen molar-refractivity contribution in [2.45, 2.75) is 32.6 Å². The highest BCUT2D eigenvalue weighted by Crippen LogP contribution is 2.28. The topological polar surface area (TPSA) is 57.7 Å². The van der Waals surface area contributed by atoms with E-state index in [0.717, 1.165) is 19.3 Å². The summed E-state index contributed by atoms with van der Waals surface area (Å²) in [7, 11) is -1.57. The second-order valence-corrected chi connectivity index (χ2v) is 8.26. The zero-order valence-electron chi connectivity index (χ0n) is 13.6. The molecule has 0 bridgehead atoms. The smallest absolute Gasteiger partial charge is 0.255 e. The standard InChI is InChI=1S/C16H23ClN2O3S/c1-3-4-9-18(2)16(20)14-12-13(7-8-15(14)17)19-10-5-6-11-23(19,21)22/h7-8,12H,3-6,9-11H2,1-2H3. The Morgan fingerprint density at radius 1 is 1.35 bits per heavy atom. The van der Waals surface area contributed by atoms with E-state index < -0.39 is 10.0 Å². The minimum Gasteiger partial charge on any atom is -0.342 e. The number of benzene rings is 1. The Kier molecular flexibility index (Phi) is 5.92. The van der Waals surface area contributed by atoms with Gasteiger partial charge in [0.1, 0.15) is 0 Å². The zero-order valence-corrected chi connectivity index (χ0v) is 15.2. The van der Waals surface area contributed by atoms with Crippen LogP contribution in [0, 0.1) is 0 Å². The third kappa shape index (κ3) is 4.18. The number of hydrogen-bond donors (Lipinski definition) is 0. The second-order valence-electron chi connectivity index (χ2n) is 5.84. The summed E-state index contributed by atoms with van der Waals surface area (Å²) < 4.78 is 25.8. The molecule has 1 aromatic rings. The van der Waals surface area contributed by atoms with Gasteiger partial charge in [0.25, 0.3) is 5.91 Å². The quantitative estimate of drug-likeness (QED) is 0.812. The van der Waals surface area contributed by atoms with Crippen molar-refractivity contribution in [3.05, 3.63) is 28.8 Å². The van der Waals surface area contributed by atoms with Gasteiger partial charge in [-0.2, -0.15) is 0 Å². The molecule has 7 heteroatoms. The molecule has 0 spiro atoms. The number of hydrogen-bond acceptors (Lipinski definition) is 3. The average molecular weight is 359 g/mol. The zero-order chi connectivity index (χ0) is 17.0. The number of nitrogens with zero attached hydrogens (tertiary/aromatic N) is 2. The predicted octanol–water partition coefficient (Wildman–Crippen LogP) is 3.14. The molecule has 1 fully saturated rings. The molecule has 23 heavy (non-hydrogen) atoms. The number of amides is 1. The molecule has 0 unspecified atom stereocenters. The molecule has 1 aromatic carbocycles. The molecule has 0 aliphatic carbocycles. The Labute approximate surface area is 143 Å². The van der Waals surface area contributed by atoms with E-state index in [1.807, 2.05) is 0 Å². The van der Waals surface area contributed by atoms with Crippen LogP contribution in [0.25, 0.3) is 0 Å². The van der Waals surface area contributed by atoms with E-state index in [4.69, 9.17) is 11.6 Å². The summed E-state index contributed by atoms with van der Waals surface area (Å²) in [6, 6.07) is 4.85. The number of sulfonamides is 1. The number of carbonyl (C=O) groups excluding carboxylic acids is 1. The lowest BCUT2D eigenvalue weighted by atomic mass is 10.1. The number of rotatable bonds is 5. The minimum atomic E-state index is -3.30. The molecule has 1 saturated heterocycles. The number of carbonyl (C=O) groups is 1. The van der Waals surface area contributed by atoms with Crippen molar-refractivity contribution in [1.82, 2.24) is 4.90 Å². The van der Waals surface area contributed by atoms with Crippen LogP contribution in [0.3, 0.4) is 0 Å². The van der Waals surface area contributed by atoms with Crippen LogP contribution >= 0.6 is 11.6 Å². The normalized spacial score (nSPS) is 17.1. The van der Waals surface area contributed by atoms with Gasteiger partial charge in [-0.1, -0.05) is 24.9 Å². The Hall–Kier alpha value is -1.27. The molecular formula is C16H23ClN2O3S. The fraction of sp³-hybridized carbons (Fsp3) is 0.562. The van der Waals surface area contributed by atoms with Crippen molar-refractivity contribution in [2.75, 3.05) is 30.2 Å². The summed E-state index contributed by atoms with van der Waals surface area (Å²) >= 11 is 6.16. The van der Waals surface area contributed by atoms with Crippen LogP contribution in [0.5, 0.6) is 0 Å². The first-order valence-electron chi connectivity index (χ1n) is 7.92. The van der Waals surface area contributed by atoms with E-state index in [1.54, 1.807) is 30.1 Å². The molecular weight excluding hydrogens is 336 g/mol. The molecule has 5 nitrogen and oxygen atoms in total. The van der Waals surface area contributed by atoms with Crippen molar-refractivity contribution in [1.29, 1.82) is 0 Å². The summed E-state index contributed by atoms with van der Waals surface area (Å²) in [5.41, 5.74) is 0.866. The fourth-order valence-corrected chi connectivity index (χ4v) is 4.44. The SMILES string of the molecule is CCCCN(C)C(=O)c1cc(N2CCCCS2(=O)=O)ccc1Cl. The first-order valence-corrected chi connectivity index (χ1v) is 9.91. The molecule has 0 atom stereocenters. The van der Waals surface area contributed by atoms with Gasteiger partial charge in [-0.05, 0) is 37.5 Å². The van der Waals surface area contributed by atoms with Gasteiger partial charge in [0, 0.05) is 20.1 Å². The third-order valence-corrected chi connectivity index (χ3v) is 6.21. The maximum Gasteiger partial charge on any atom is 0.255 e. The molecule has 128 valence electrons. The van der Waals surface area contributed by atoms with E-state index in [2.05, 4.69) is 6.92 Å². The van der Waals surface area contributed by atoms with Crippen LogP contribution in [0.1, 0.15) is 43.0 Å². The lowest BCUT2D eigenvalue weighted by Gasteiger charge is -2.29. The molecule has 0 aromatic heterocycles. The van der Waals surface area contributed by atoms with E-state index in [9.17, 15) is 13.2 Å². The van der Waals surface area contributed by atoms with Crippen LogP contribution in [-0.4, -0.2) is 45.1 Å². The largest absolute Gasteiger partial charge is 0.342 e. The Balaban J connectivity index is 2.30. The van der Waals surface area contributed by atoms with E-state index in [0.29, 0.717) is 35.8 Å². The highest BCUT2D eigenvalue weighted by Gasteiger charge is 2.27. The monoisotopic (exact) mass is 358 g/mol. The van der Waals surface area contributed by atoms with Crippen molar-refractivity contribution in [3.63, 3.8) is 0 Å². The summed E-state index contributed by atoms with van der Waals surface area (Å²) in [6.45, 7) is 3.16. The fourth-order valence-electron chi connectivity index (χ4n) is 2.61. The van der Waals surface area contributed by atoms with Crippen molar-refractivity contribution in [3.8, 4) is 0 Å². The summed E-state index contributed by atoms with van der Waals surface area (Å²) in [5, 5.41) is 0.344. The molecule has 2 rings (SSSR count). The molecule has 1 amide bonds. The van der Waals surface area contributed by atoms with Crippen LogP contribution in [0.2, 0.25) is 5.02 Å². The van der Waals surface area contributed by atoms with Gasteiger partial charge in [-0.25, -0.2) is 8.42 Å². The molecule has 1 heterocycles. The van der Waals surface area contributed by atoms with Crippen LogP contribution in [0.15, 0.2) is 18.2 Å². The number of unbranched alkanes of at least 4 members (excludes halogenated alkanes) is 1. The van der Waals surface area contributed by atoms with Crippen LogP contribution in [-0.2, 0) is 10.0 Å². The Morgan fingerprint density at radius 2 is 2.09 bits per heavy atom. The maximum absolute atomic E-state index is 12.5. The van der Waals surface area contributed by atoms with Crippen molar-refractivity contribution in [2.24, 2.45) is 0 Å². The van der Waals surface area contributed by atoms with Gasteiger partial charge >= 0.3 is 0 Å². The molecule has 1 aliphatic heterocycles. The summed E-state index contributed by atoms with van der Waals surface area (Å²) in [5.74, 6) is -0.0327. The highest BCUT2D eigenvalue weighted by atomic mass is 35.5. The lowest BCUT2D eigenvalue weighted by Crippen LogP contribution is -2.38. The van der Waals surface area contributed by atoms with Gasteiger partial charge < -0.3 is 4.90 Å². The first kappa shape index (κ1) is 18.1.